The van der Waals surface area contributed by atoms with Gasteiger partial charge in [0.15, 0.2) is 11.5 Å². The van der Waals surface area contributed by atoms with Gasteiger partial charge in [-0.2, -0.15) is 0 Å². The first kappa shape index (κ1) is 14.6. The number of aromatic nitrogens is 1. The van der Waals surface area contributed by atoms with Crippen molar-refractivity contribution in [1.82, 2.24) is 4.57 Å². The number of ether oxygens (including phenoxy) is 2. The summed E-state index contributed by atoms with van der Waals surface area (Å²) in [6, 6.07) is 19.7. The second-order valence-electron chi connectivity index (χ2n) is 7.03. The largest absolute Gasteiger partial charge is 0.454 e. The summed E-state index contributed by atoms with van der Waals surface area (Å²) >= 11 is 0. The molecular weight excluding hydrogens is 310 g/mol. The SMILES string of the molecule is Cc1ccc(-c2ccc(C3CC3)cc2)n1Cc1ccc2c(c1)OCO2. The van der Waals surface area contributed by atoms with Gasteiger partial charge in [0.25, 0.3) is 0 Å². The summed E-state index contributed by atoms with van der Waals surface area (Å²) in [6.07, 6.45) is 2.69. The molecule has 3 nitrogen and oxygen atoms in total. The molecule has 0 unspecified atom stereocenters. The minimum absolute atomic E-state index is 0.319. The van der Waals surface area contributed by atoms with Crippen LogP contribution < -0.4 is 9.47 Å². The highest BCUT2D eigenvalue weighted by Gasteiger charge is 2.23. The van der Waals surface area contributed by atoms with Crippen molar-refractivity contribution in [2.75, 3.05) is 6.79 Å². The van der Waals surface area contributed by atoms with Crippen LogP contribution in [0.5, 0.6) is 11.5 Å². The zero-order valence-electron chi connectivity index (χ0n) is 14.4. The van der Waals surface area contributed by atoms with E-state index < -0.39 is 0 Å². The average molecular weight is 331 g/mol. The van der Waals surface area contributed by atoms with Gasteiger partial charge in [0.2, 0.25) is 6.79 Å². The summed E-state index contributed by atoms with van der Waals surface area (Å²) in [5.74, 6) is 2.48. The lowest BCUT2D eigenvalue weighted by molar-refractivity contribution is 0.174. The smallest absolute Gasteiger partial charge is 0.231 e. The normalized spacial score (nSPS) is 15.6. The van der Waals surface area contributed by atoms with E-state index in [0.717, 1.165) is 24.0 Å². The zero-order valence-corrected chi connectivity index (χ0v) is 14.4. The van der Waals surface area contributed by atoms with E-state index in [2.05, 4.69) is 60.0 Å². The van der Waals surface area contributed by atoms with Gasteiger partial charge in [-0.25, -0.2) is 0 Å². The Bertz CT molecular complexity index is 920. The third-order valence-electron chi connectivity index (χ3n) is 5.23. The highest BCUT2D eigenvalue weighted by molar-refractivity contribution is 5.62. The highest BCUT2D eigenvalue weighted by Crippen LogP contribution is 2.40. The van der Waals surface area contributed by atoms with Crippen LogP contribution in [0, 0.1) is 6.92 Å². The van der Waals surface area contributed by atoms with E-state index in [4.69, 9.17) is 9.47 Å². The lowest BCUT2D eigenvalue weighted by atomic mass is 10.1. The molecule has 0 N–H and O–H groups in total. The second-order valence-corrected chi connectivity index (χ2v) is 7.03. The Morgan fingerprint density at radius 1 is 0.920 bits per heavy atom. The molecule has 2 aromatic carbocycles. The predicted octanol–water partition coefficient (Wildman–Crippen LogP) is 5.12. The molecule has 0 amide bonds. The molecule has 3 aromatic rings. The van der Waals surface area contributed by atoms with Crippen molar-refractivity contribution in [1.29, 1.82) is 0 Å². The number of rotatable bonds is 4. The molecule has 1 aromatic heterocycles. The lowest BCUT2D eigenvalue weighted by Gasteiger charge is -2.13. The minimum Gasteiger partial charge on any atom is -0.454 e. The third-order valence-corrected chi connectivity index (χ3v) is 5.23. The van der Waals surface area contributed by atoms with Gasteiger partial charge in [-0.05, 0) is 66.6 Å². The van der Waals surface area contributed by atoms with Gasteiger partial charge in [0.05, 0.1) is 0 Å². The van der Waals surface area contributed by atoms with Crippen LogP contribution in [-0.2, 0) is 6.54 Å². The van der Waals surface area contributed by atoms with Gasteiger partial charge in [-0.3, -0.25) is 0 Å². The summed E-state index contributed by atoms with van der Waals surface area (Å²) in [7, 11) is 0. The van der Waals surface area contributed by atoms with Crippen LogP contribution in [0.15, 0.2) is 54.6 Å². The maximum Gasteiger partial charge on any atom is 0.231 e. The fourth-order valence-corrected chi connectivity index (χ4v) is 3.60. The molecule has 1 aliphatic heterocycles. The van der Waals surface area contributed by atoms with Gasteiger partial charge >= 0.3 is 0 Å². The van der Waals surface area contributed by atoms with Crippen LogP contribution in [0.1, 0.15) is 35.6 Å². The van der Waals surface area contributed by atoms with Crippen molar-refractivity contribution in [3.8, 4) is 22.8 Å². The molecule has 0 spiro atoms. The van der Waals surface area contributed by atoms with E-state index in [9.17, 15) is 0 Å². The zero-order chi connectivity index (χ0) is 16.8. The summed E-state index contributed by atoms with van der Waals surface area (Å²) in [4.78, 5) is 0. The number of hydrogen-bond donors (Lipinski definition) is 0. The van der Waals surface area contributed by atoms with Crippen LogP contribution in [0.4, 0.5) is 0 Å². The Hall–Kier alpha value is -2.68. The van der Waals surface area contributed by atoms with Crippen molar-refractivity contribution >= 4 is 0 Å². The van der Waals surface area contributed by atoms with Crippen molar-refractivity contribution in [2.24, 2.45) is 0 Å². The maximum atomic E-state index is 5.51. The van der Waals surface area contributed by atoms with Gasteiger partial charge in [0, 0.05) is 17.9 Å². The molecule has 0 bridgehead atoms. The van der Waals surface area contributed by atoms with E-state index in [1.165, 1.54) is 40.9 Å². The van der Waals surface area contributed by atoms with Crippen molar-refractivity contribution < 1.29 is 9.47 Å². The molecule has 126 valence electrons. The van der Waals surface area contributed by atoms with Crippen LogP contribution in [0.3, 0.4) is 0 Å². The number of benzene rings is 2. The molecule has 2 heterocycles. The number of hydrogen-bond acceptors (Lipinski definition) is 2. The van der Waals surface area contributed by atoms with Crippen molar-refractivity contribution in [2.45, 2.75) is 32.2 Å². The highest BCUT2D eigenvalue weighted by atomic mass is 16.7. The van der Waals surface area contributed by atoms with E-state index in [0.29, 0.717) is 6.79 Å². The standard InChI is InChI=1S/C22H21NO2/c1-15-2-10-20(19-8-6-18(7-9-19)17-4-5-17)23(15)13-16-3-11-21-22(12-16)25-14-24-21/h2-3,6-12,17H,4-5,13-14H2,1H3. The summed E-state index contributed by atoms with van der Waals surface area (Å²) in [5, 5.41) is 0. The number of aryl methyl sites for hydroxylation is 1. The predicted molar refractivity (Wildman–Crippen MR) is 98.2 cm³/mol. The second kappa shape index (κ2) is 5.69. The Morgan fingerprint density at radius 2 is 1.72 bits per heavy atom. The van der Waals surface area contributed by atoms with E-state index >= 15 is 0 Å². The van der Waals surface area contributed by atoms with E-state index in [1.807, 2.05) is 6.07 Å². The molecule has 3 heteroatoms. The molecular formula is C22H21NO2. The Morgan fingerprint density at radius 3 is 2.52 bits per heavy atom. The molecule has 1 aliphatic carbocycles. The Kier molecular flexibility index (Phi) is 3.34. The molecule has 5 rings (SSSR count). The summed E-state index contributed by atoms with van der Waals surface area (Å²) < 4.78 is 13.3. The van der Waals surface area contributed by atoms with Gasteiger partial charge < -0.3 is 14.0 Å². The van der Waals surface area contributed by atoms with Crippen LogP contribution in [0.25, 0.3) is 11.3 Å². The summed E-state index contributed by atoms with van der Waals surface area (Å²) in [6.45, 7) is 3.31. The quantitative estimate of drug-likeness (QED) is 0.662. The first-order chi connectivity index (χ1) is 12.3. The topological polar surface area (TPSA) is 23.4 Å². The molecule has 25 heavy (non-hydrogen) atoms. The van der Waals surface area contributed by atoms with Crippen molar-refractivity contribution in [3.05, 3.63) is 71.4 Å². The minimum atomic E-state index is 0.319. The fraction of sp³-hybridized carbons (Fsp3) is 0.273. The molecule has 1 saturated carbocycles. The monoisotopic (exact) mass is 331 g/mol. The lowest BCUT2D eigenvalue weighted by Crippen LogP contribution is -2.03. The third kappa shape index (κ3) is 2.70. The fourth-order valence-electron chi connectivity index (χ4n) is 3.60. The number of nitrogens with zero attached hydrogens (tertiary/aromatic N) is 1. The Balaban J connectivity index is 1.46. The van der Waals surface area contributed by atoms with Crippen LogP contribution in [0.2, 0.25) is 0 Å². The van der Waals surface area contributed by atoms with E-state index in [-0.39, 0.29) is 0 Å². The van der Waals surface area contributed by atoms with Gasteiger partial charge in [0.1, 0.15) is 0 Å². The van der Waals surface area contributed by atoms with Gasteiger partial charge in [-0.15, -0.1) is 0 Å². The number of fused-ring (bicyclic) bond motifs is 1. The Labute approximate surface area is 147 Å². The molecule has 0 atom stereocenters. The molecule has 2 aliphatic rings. The van der Waals surface area contributed by atoms with E-state index in [1.54, 1.807) is 0 Å². The molecule has 1 fully saturated rings. The molecule has 0 saturated heterocycles. The van der Waals surface area contributed by atoms with Gasteiger partial charge in [-0.1, -0.05) is 30.3 Å². The average Bonchev–Trinajstić information content (AvgIpc) is 3.28. The first-order valence-electron chi connectivity index (χ1n) is 8.93. The first-order valence-corrected chi connectivity index (χ1v) is 8.93. The summed E-state index contributed by atoms with van der Waals surface area (Å²) in [5.41, 5.74) is 6.50. The van der Waals surface area contributed by atoms with Crippen molar-refractivity contribution in [3.63, 3.8) is 0 Å². The van der Waals surface area contributed by atoms with Crippen LogP contribution in [-0.4, -0.2) is 11.4 Å². The molecule has 0 radical (unpaired) electrons. The maximum absolute atomic E-state index is 5.51. The van der Waals surface area contributed by atoms with Crippen LogP contribution >= 0.6 is 0 Å².